The van der Waals surface area contributed by atoms with Gasteiger partial charge in [-0.3, -0.25) is 0 Å². The van der Waals surface area contributed by atoms with Crippen LogP contribution in [0.3, 0.4) is 0 Å². The van der Waals surface area contributed by atoms with Crippen LogP contribution in [0.5, 0.6) is 5.75 Å². The number of thiophene rings is 1. The van der Waals surface area contributed by atoms with Crippen LogP contribution in [0.4, 0.5) is 11.4 Å². The van der Waals surface area contributed by atoms with E-state index in [0.717, 1.165) is 27.5 Å². The minimum absolute atomic E-state index is 0.643. The lowest BCUT2D eigenvalue weighted by atomic mass is 10.2. The van der Waals surface area contributed by atoms with Crippen LogP contribution in [0.15, 0.2) is 33.4 Å². The highest BCUT2D eigenvalue weighted by Gasteiger charge is 2.07. The maximum absolute atomic E-state index is 5.91. The van der Waals surface area contributed by atoms with Crippen LogP contribution in [0.25, 0.3) is 0 Å². The predicted molar refractivity (Wildman–Crippen MR) is 86.1 cm³/mol. The summed E-state index contributed by atoms with van der Waals surface area (Å²) >= 11 is 5.18. The summed E-state index contributed by atoms with van der Waals surface area (Å²) in [7, 11) is 2.05. The molecule has 102 valence electrons. The number of anilines is 2. The Hall–Kier alpha value is -1.20. The van der Waals surface area contributed by atoms with Crippen LogP contribution in [-0.2, 0) is 6.54 Å². The Bertz CT molecular complexity index is 556. The molecule has 0 fully saturated rings. The molecule has 1 aromatic carbocycles. The van der Waals surface area contributed by atoms with Crippen molar-refractivity contribution in [2.45, 2.75) is 13.5 Å². The Balaban J connectivity index is 2.15. The lowest BCUT2D eigenvalue weighted by molar-refractivity contribution is 0.340. The van der Waals surface area contributed by atoms with Crippen molar-refractivity contribution >= 4 is 38.6 Å². The first-order valence-corrected chi connectivity index (χ1v) is 7.73. The van der Waals surface area contributed by atoms with Crippen LogP contribution in [0.2, 0.25) is 0 Å². The second kappa shape index (κ2) is 6.30. The second-order valence-corrected chi connectivity index (χ2v) is 6.60. The Morgan fingerprint density at radius 2 is 2.11 bits per heavy atom. The van der Waals surface area contributed by atoms with Gasteiger partial charge in [0.2, 0.25) is 0 Å². The van der Waals surface area contributed by atoms with E-state index in [4.69, 9.17) is 10.5 Å². The normalized spacial score (nSPS) is 10.5. The van der Waals surface area contributed by atoms with Crippen molar-refractivity contribution in [3.63, 3.8) is 0 Å². The standard InChI is InChI=1S/C14H17BrN2OS/c1-3-18-13-6-11(16)5-12(7-13)17(2)8-10-4-14(15)19-9-10/h4-7,9H,3,8,16H2,1-2H3. The molecule has 2 rings (SSSR count). The maximum Gasteiger partial charge on any atom is 0.123 e. The Morgan fingerprint density at radius 3 is 2.74 bits per heavy atom. The summed E-state index contributed by atoms with van der Waals surface area (Å²) in [6.07, 6.45) is 0. The minimum atomic E-state index is 0.643. The molecule has 0 aliphatic rings. The van der Waals surface area contributed by atoms with Gasteiger partial charge in [-0.05, 0) is 45.9 Å². The molecule has 0 bridgehead atoms. The number of nitrogen functional groups attached to an aromatic ring is 1. The van der Waals surface area contributed by atoms with Crippen molar-refractivity contribution < 1.29 is 4.74 Å². The van der Waals surface area contributed by atoms with Gasteiger partial charge < -0.3 is 15.4 Å². The zero-order valence-corrected chi connectivity index (χ0v) is 13.4. The number of rotatable bonds is 5. The second-order valence-electron chi connectivity index (χ2n) is 4.31. The first-order valence-electron chi connectivity index (χ1n) is 6.06. The summed E-state index contributed by atoms with van der Waals surface area (Å²) in [6, 6.07) is 7.96. The van der Waals surface area contributed by atoms with Gasteiger partial charge in [0.15, 0.2) is 0 Å². The fraction of sp³-hybridized carbons (Fsp3) is 0.286. The van der Waals surface area contributed by atoms with Crippen LogP contribution in [0.1, 0.15) is 12.5 Å². The highest BCUT2D eigenvalue weighted by atomic mass is 79.9. The van der Waals surface area contributed by atoms with Gasteiger partial charge in [-0.25, -0.2) is 0 Å². The van der Waals surface area contributed by atoms with E-state index in [1.165, 1.54) is 5.56 Å². The van der Waals surface area contributed by atoms with Crippen LogP contribution < -0.4 is 15.4 Å². The van der Waals surface area contributed by atoms with Gasteiger partial charge in [0.05, 0.1) is 10.4 Å². The van der Waals surface area contributed by atoms with E-state index in [1.54, 1.807) is 11.3 Å². The van der Waals surface area contributed by atoms with Crippen LogP contribution in [0, 0.1) is 0 Å². The van der Waals surface area contributed by atoms with Gasteiger partial charge in [-0.15, -0.1) is 11.3 Å². The van der Waals surface area contributed by atoms with E-state index in [9.17, 15) is 0 Å². The summed E-state index contributed by atoms with van der Waals surface area (Å²) in [5.74, 6) is 0.816. The molecule has 0 atom stereocenters. The first-order chi connectivity index (χ1) is 9.08. The lowest BCUT2D eigenvalue weighted by Crippen LogP contribution is -2.16. The average Bonchev–Trinajstić information content (AvgIpc) is 2.74. The monoisotopic (exact) mass is 340 g/mol. The fourth-order valence-corrected chi connectivity index (χ4v) is 3.07. The van der Waals surface area contributed by atoms with Gasteiger partial charge in [0.25, 0.3) is 0 Å². The summed E-state index contributed by atoms with van der Waals surface area (Å²) in [4.78, 5) is 2.16. The zero-order chi connectivity index (χ0) is 13.8. The van der Waals surface area contributed by atoms with E-state index >= 15 is 0 Å². The summed E-state index contributed by atoms with van der Waals surface area (Å²) < 4.78 is 6.67. The molecule has 2 aromatic rings. The molecule has 0 aliphatic heterocycles. The van der Waals surface area contributed by atoms with Crippen molar-refractivity contribution in [3.05, 3.63) is 39.0 Å². The van der Waals surface area contributed by atoms with Gasteiger partial charge in [-0.1, -0.05) is 0 Å². The molecule has 0 saturated carbocycles. The number of hydrogen-bond acceptors (Lipinski definition) is 4. The summed E-state index contributed by atoms with van der Waals surface area (Å²) in [5.41, 5.74) is 8.97. The third-order valence-electron chi connectivity index (χ3n) is 2.71. The van der Waals surface area contributed by atoms with Gasteiger partial charge in [-0.2, -0.15) is 0 Å². The molecule has 1 aromatic heterocycles. The van der Waals surface area contributed by atoms with E-state index in [1.807, 2.05) is 25.1 Å². The first kappa shape index (κ1) is 14.2. The number of nitrogens with zero attached hydrogens (tertiary/aromatic N) is 1. The largest absolute Gasteiger partial charge is 0.494 e. The molecular weight excluding hydrogens is 324 g/mol. The van der Waals surface area contributed by atoms with Crippen molar-refractivity contribution in [1.29, 1.82) is 0 Å². The number of ether oxygens (including phenoxy) is 1. The molecule has 3 nitrogen and oxygen atoms in total. The predicted octanol–water partition coefficient (Wildman–Crippen LogP) is 4.13. The molecule has 1 heterocycles. The van der Waals surface area contributed by atoms with Gasteiger partial charge in [0.1, 0.15) is 5.75 Å². The molecule has 0 saturated heterocycles. The smallest absolute Gasteiger partial charge is 0.123 e. The van der Waals surface area contributed by atoms with Crippen LogP contribution >= 0.6 is 27.3 Å². The maximum atomic E-state index is 5.91. The molecule has 19 heavy (non-hydrogen) atoms. The molecule has 0 aliphatic carbocycles. The van der Waals surface area contributed by atoms with Gasteiger partial charge >= 0.3 is 0 Å². The molecule has 5 heteroatoms. The Morgan fingerprint density at radius 1 is 1.32 bits per heavy atom. The highest BCUT2D eigenvalue weighted by molar-refractivity contribution is 9.11. The molecule has 0 amide bonds. The number of hydrogen-bond donors (Lipinski definition) is 1. The van der Waals surface area contributed by atoms with Crippen molar-refractivity contribution in [3.8, 4) is 5.75 Å². The quantitative estimate of drug-likeness (QED) is 0.831. The topological polar surface area (TPSA) is 38.5 Å². The third kappa shape index (κ3) is 3.88. The Kier molecular flexibility index (Phi) is 4.71. The minimum Gasteiger partial charge on any atom is -0.494 e. The highest BCUT2D eigenvalue weighted by Crippen LogP contribution is 2.27. The molecule has 0 unspecified atom stereocenters. The van der Waals surface area contributed by atoms with E-state index in [2.05, 4.69) is 39.3 Å². The lowest BCUT2D eigenvalue weighted by Gasteiger charge is -2.20. The number of halogens is 1. The van der Waals surface area contributed by atoms with Crippen molar-refractivity contribution in [1.82, 2.24) is 0 Å². The third-order valence-corrected chi connectivity index (χ3v) is 4.26. The zero-order valence-electron chi connectivity index (χ0n) is 11.0. The Labute approximate surface area is 126 Å². The molecule has 0 radical (unpaired) electrons. The van der Waals surface area contributed by atoms with E-state index in [-0.39, 0.29) is 0 Å². The number of nitrogens with two attached hydrogens (primary N) is 1. The molecular formula is C14H17BrN2OS. The van der Waals surface area contributed by atoms with Gasteiger partial charge in [0, 0.05) is 37.1 Å². The van der Waals surface area contributed by atoms with Crippen molar-refractivity contribution in [2.24, 2.45) is 0 Å². The number of benzene rings is 1. The van der Waals surface area contributed by atoms with E-state index < -0.39 is 0 Å². The SMILES string of the molecule is CCOc1cc(N)cc(N(C)Cc2csc(Br)c2)c1. The van der Waals surface area contributed by atoms with Crippen LogP contribution in [-0.4, -0.2) is 13.7 Å². The average molecular weight is 341 g/mol. The molecule has 2 N–H and O–H groups in total. The summed E-state index contributed by atoms with van der Waals surface area (Å²) in [5, 5.41) is 2.15. The van der Waals surface area contributed by atoms with Crippen molar-refractivity contribution in [2.75, 3.05) is 24.3 Å². The molecule has 0 spiro atoms. The fourth-order valence-electron chi connectivity index (χ4n) is 1.87. The summed E-state index contributed by atoms with van der Waals surface area (Å²) in [6.45, 7) is 3.46. The van der Waals surface area contributed by atoms with E-state index in [0.29, 0.717) is 6.61 Å².